The van der Waals surface area contributed by atoms with Crippen LogP contribution >= 0.6 is 0 Å². The number of carbonyl (C=O) groups excluding carboxylic acids is 1. The smallest absolute Gasteiger partial charge is 0.227 e. The topological polar surface area (TPSA) is 71.7 Å². The third-order valence-electron chi connectivity index (χ3n) is 6.14. The van der Waals surface area contributed by atoms with E-state index in [2.05, 4.69) is 53.2 Å². The number of nitrogens with zero attached hydrogens (tertiary/aromatic N) is 4. The number of aryl methyl sites for hydroxylation is 1. The van der Waals surface area contributed by atoms with E-state index in [0.29, 0.717) is 37.0 Å². The maximum atomic E-state index is 12.8. The van der Waals surface area contributed by atoms with Gasteiger partial charge in [-0.2, -0.15) is 4.98 Å². The number of aromatic nitrogens is 2. The van der Waals surface area contributed by atoms with Crippen molar-refractivity contribution in [3.05, 3.63) is 60.0 Å². The van der Waals surface area contributed by atoms with Crippen molar-refractivity contribution in [2.24, 2.45) is 0 Å². The lowest BCUT2D eigenvalue weighted by Crippen LogP contribution is -2.35. The first-order valence-corrected chi connectivity index (χ1v) is 11.6. The number of anilines is 1. The van der Waals surface area contributed by atoms with Crippen LogP contribution in [-0.4, -0.2) is 54.2 Å². The monoisotopic (exact) mass is 448 g/mol. The summed E-state index contributed by atoms with van der Waals surface area (Å²) in [5.41, 5.74) is 3.35. The van der Waals surface area contributed by atoms with E-state index in [1.54, 1.807) is 7.11 Å². The normalized spacial score (nSPS) is 14.4. The molecule has 7 nitrogen and oxygen atoms in total. The fourth-order valence-corrected chi connectivity index (χ4v) is 4.08. The molecule has 0 N–H and O–H groups in total. The first-order valence-electron chi connectivity index (χ1n) is 11.6. The van der Waals surface area contributed by atoms with Gasteiger partial charge in [-0.3, -0.25) is 4.79 Å². The van der Waals surface area contributed by atoms with Gasteiger partial charge in [0.05, 0.1) is 7.11 Å². The fourth-order valence-electron chi connectivity index (χ4n) is 4.08. The van der Waals surface area contributed by atoms with Gasteiger partial charge < -0.3 is 19.1 Å². The molecule has 1 amide bonds. The molecular formula is C26H32N4O3. The second kappa shape index (κ2) is 10.5. The minimum absolute atomic E-state index is 0.132. The molecule has 1 aliphatic rings. The van der Waals surface area contributed by atoms with Crippen LogP contribution in [0.3, 0.4) is 0 Å². The molecule has 1 fully saturated rings. The van der Waals surface area contributed by atoms with Gasteiger partial charge in [-0.15, -0.1) is 0 Å². The maximum absolute atomic E-state index is 12.8. The van der Waals surface area contributed by atoms with Crippen LogP contribution < -0.4 is 9.64 Å². The van der Waals surface area contributed by atoms with Crippen molar-refractivity contribution in [3.8, 4) is 17.1 Å². The van der Waals surface area contributed by atoms with Gasteiger partial charge >= 0.3 is 0 Å². The lowest BCUT2D eigenvalue weighted by atomic mass is 10.0. The Morgan fingerprint density at radius 2 is 1.79 bits per heavy atom. The third kappa shape index (κ3) is 5.72. The second-order valence-electron chi connectivity index (χ2n) is 8.71. The van der Waals surface area contributed by atoms with Gasteiger partial charge in [-0.1, -0.05) is 43.3 Å². The summed E-state index contributed by atoms with van der Waals surface area (Å²) in [6, 6.07) is 16.3. The molecule has 33 heavy (non-hydrogen) atoms. The molecule has 0 aliphatic carbocycles. The zero-order valence-electron chi connectivity index (χ0n) is 19.7. The molecule has 0 saturated carbocycles. The van der Waals surface area contributed by atoms with E-state index >= 15 is 0 Å². The third-order valence-corrected chi connectivity index (χ3v) is 6.14. The number of benzene rings is 2. The van der Waals surface area contributed by atoms with E-state index in [1.165, 1.54) is 5.56 Å². The molecule has 1 aromatic heterocycles. The van der Waals surface area contributed by atoms with Gasteiger partial charge in [-0.25, -0.2) is 0 Å². The highest BCUT2D eigenvalue weighted by atomic mass is 16.5. The average molecular weight is 449 g/mol. The van der Waals surface area contributed by atoms with Crippen LogP contribution in [0.2, 0.25) is 0 Å². The van der Waals surface area contributed by atoms with Crippen LogP contribution in [0.4, 0.5) is 5.69 Å². The van der Waals surface area contributed by atoms with Crippen molar-refractivity contribution in [3.63, 3.8) is 0 Å². The van der Waals surface area contributed by atoms with Crippen molar-refractivity contribution in [1.82, 2.24) is 15.0 Å². The highest BCUT2D eigenvalue weighted by molar-refractivity contribution is 5.76. The molecule has 0 spiro atoms. The van der Waals surface area contributed by atoms with Crippen LogP contribution in [0.15, 0.2) is 53.1 Å². The summed E-state index contributed by atoms with van der Waals surface area (Å²) in [5.74, 6) is 2.53. The van der Waals surface area contributed by atoms with Crippen LogP contribution in [0.5, 0.6) is 5.75 Å². The number of amides is 1. The summed E-state index contributed by atoms with van der Waals surface area (Å²) < 4.78 is 10.6. The van der Waals surface area contributed by atoms with E-state index in [9.17, 15) is 4.79 Å². The fraction of sp³-hybridized carbons (Fsp3) is 0.423. The van der Waals surface area contributed by atoms with E-state index < -0.39 is 0 Å². The Labute approximate surface area is 195 Å². The maximum Gasteiger partial charge on any atom is 0.227 e. The zero-order valence-corrected chi connectivity index (χ0v) is 19.7. The number of ether oxygens (including phenoxy) is 1. The van der Waals surface area contributed by atoms with Crippen LogP contribution in [0, 0.1) is 0 Å². The molecule has 1 saturated heterocycles. The summed E-state index contributed by atoms with van der Waals surface area (Å²) in [6.45, 7) is 7.55. The van der Waals surface area contributed by atoms with Gasteiger partial charge in [0.15, 0.2) is 0 Å². The largest absolute Gasteiger partial charge is 0.497 e. The summed E-state index contributed by atoms with van der Waals surface area (Å²) in [4.78, 5) is 21.6. The number of methoxy groups -OCH3 is 1. The van der Waals surface area contributed by atoms with Crippen LogP contribution in [0.1, 0.15) is 44.1 Å². The highest BCUT2D eigenvalue weighted by Gasteiger charge is 2.20. The van der Waals surface area contributed by atoms with Gasteiger partial charge in [0.25, 0.3) is 0 Å². The first-order chi connectivity index (χ1) is 16.0. The van der Waals surface area contributed by atoms with Gasteiger partial charge in [-0.05, 0) is 42.2 Å². The van der Waals surface area contributed by atoms with E-state index in [4.69, 9.17) is 9.26 Å². The van der Waals surface area contributed by atoms with Crippen molar-refractivity contribution in [2.75, 3.05) is 38.2 Å². The van der Waals surface area contributed by atoms with Gasteiger partial charge in [0.1, 0.15) is 5.75 Å². The molecule has 2 aromatic carbocycles. The molecule has 0 unspecified atom stereocenters. The standard InChI is InChI=1S/C26H32N4O3/c1-19(2)20-5-7-21(8-6-20)26-27-24(33-28-26)13-14-25(31)30-16-4-15-29(17-18-30)22-9-11-23(32-3)12-10-22/h5-12,19H,4,13-18H2,1-3H3. The highest BCUT2D eigenvalue weighted by Crippen LogP contribution is 2.22. The lowest BCUT2D eigenvalue weighted by Gasteiger charge is -2.24. The van der Waals surface area contributed by atoms with Crippen molar-refractivity contribution < 1.29 is 14.1 Å². The van der Waals surface area contributed by atoms with Crippen molar-refractivity contribution in [1.29, 1.82) is 0 Å². The van der Waals surface area contributed by atoms with Crippen LogP contribution in [0.25, 0.3) is 11.4 Å². The number of hydrogen-bond acceptors (Lipinski definition) is 6. The van der Waals surface area contributed by atoms with E-state index in [-0.39, 0.29) is 5.91 Å². The number of rotatable bonds is 7. The predicted octanol–water partition coefficient (Wildman–Crippen LogP) is 4.54. The second-order valence-corrected chi connectivity index (χ2v) is 8.71. The molecule has 0 atom stereocenters. The Morgan fingerprint density at radius 1 is 1.03 bits per heavy atom. The average Bonchev–Trinajstić information content (AvgIpc) is 3.18. The molecule has 1 aliphatic heterocycles. The zero-order chi connectivity index (χ0) is 23.2. The summed E-state index contributed by atoms with van der Waals surface area (Å²) in [5, 5.41) is 4.10. The van der Waals surface area contributed by atoms with Crippen molar-refractivity contribution in [2.45, 2.75) is 39.0 Å². The Bertz CT molecular complexity index is 1040. The minimum atomic E-state index is 0.132. The predicted molar refractivity (Wildman–Crippen MR) is 129 cm³/mol. The molecule has 2 heterocycles. The Kier molecular flexibility index (Phi) is 7.27. The molecule has 174 valence electrons. The van der Waals surface area contributed by atoms with Gasteiger partial charge in [0, 0.05) is 50.3 Å². The molecule has 4 rings (SSSR count). The molecule has 0 bridgehead atoms. The quantitative estimate of drug-likeness (QED) is 0.528. The van der Waals surface area contributed by atoms with E-state index in [1.807, 2.05) is 29.2 Å². The molecular weight excluding hydrogens is 416 g/mol. The van der Waals surface area contributed by atoms with Gasteiger partial charge in [0.2, 0.25) is 17.6 Å². The Balaban J connectivity index is 1.29. The summed E-state index contributed by atoms with van der Waals surface area (Å²) >= 11 is 0. The van der Waals surface area contributed by atoms with E-state index in [0.717, 1.165) is 43.1 Å². The number of carbonyl (C=O) groups is 1. The number of hydrogen-bond donors (Lipinski definition) is 0. The van der Waals surface area contributed by atoms with Crippen molar-refractivity contribution >= 4 is 11.6 Å². The molecule has 3 aromatic rings. The lowest BCUT2D eigenvalue weighted by molar-refractivity contribution is -0.131. The van der Waals surface area contributed by atoms with Crippen LogP contribution in [-0.2, 0) is 11.2 Å². The molecule has 0 radical (unpaired) electrons. The SMILES string of the molecule is COc1ccc(N2CCCN(C(=O)CCc3nc(-c4ccc(C(C)C)cc4)no3)CC2)cc1. The molecule has 7 heteroatoms. The summed E-state index contributed by atoms with van der Waals surface area (Å²) in [7, 11) is 1.67. The Morgan fingerprint density at radius 3 is 2.48 bits per heavy atom. The minimum Gasteiger partial charge on any atom is -0.497 e. The summed E-state index contributed by atoms with van der Waals surface area (Å²) in [6.07, 6.45) is 1.76. The first kappa shape index (κ1) is 22.8. The Hall–Kier alpha value is -3.35.